The van der Waals surface area contributed by atoms with Gasteiger partial charge in [0.2, 0.25) is 0 Å². The van der Waals surface area contributed by atoms with Crippen molar-refractivity contribution in [2.75, 3.05) is 11.9 Å². The lowest BCUT2D eigenvalue weighted by atomic mass is 10.0. The fourth-order valence-corrected chi connectivity index (χ4v) is 5.12. The molecule has 0 unspecified atom stereocenters. The monoisotopic (exact) mass is 551 g/mol. The Balaban J connectivity index is 1.52. The number of aromatic nitrogens is 2. The highest BCUT2D eigenvalue weighted by Crippen LogP contribution is 2.32. The third-order valence-electron chi connectivity index (χ3n) is 6.39. The minimum Gasteiger partial charge on any atom is -0.487 e. The molecule has 0 aliphatic heterocycles. The van der Waals surface area contributed by atoms with E-state index < -0.39 is 5.97 Å². The standard InChI is InChI=1S/C30H31Cl2N3O3/c1-19(2)24-16-33-35(30-25(31)9-6-10-26(30)32)28(24)18-38-23-11-12-27(20(3)13-23)34(4)17-22-8-5-7-21(14-22)15-29(36)37/h5-14,16,19H,15,17-18H2,1-4H3,(H,36,37). The summed E-state index contributed by atoms with van der Waals surface area (Å²) in [6, 6.07) is 19.1. The maximum absolute atomic E-state index is 11.1. The van der Waals surface area contributed by atoms with Gasteiger partial charge < -0.3 is 14.7 Å². The molecule has 3 aromatic carbocycles. The molecular weight excluding hydrogens is 521 g/mol. The van der Waals surface area contributed by atoms with E-state index in [2.05, 4.69) is 23.8 Å². The molecule has 0 spiro atoms. The molecule has 1 N–H and O–H groups in total. The summed E-state index contributed by atoms with van der Waals surface area (Å²) in [5.41, 5.74) is 6.59. The molecule has 6 nitrogen and oxygen atoms in total. The molecule has 0 aliphatic rings. The number of hydrogen-bond acceptors (Lipinski definition) is 4. The largest absolute Gasteiger partial charge is 0.487 e. The first-order valence-electron chi connectivity index (χ1n) is 12.4. The van der Waals surface area contributed by atoms with Crippen LogP contribution in [-0.2, 0) is 24.4 Å². The molecule has 198 valence electrons. The van der Waals surface area contributed by atoms with Gasteiger partial charge in [0, 0.05) is 19.3 Å². The van der Waals surface area contributed by atoms with E-state index in [1.165, 1.54) is 0 Å². The van der Waals surface area contributed by atoms with Crippen LogP contribution in [0.2, 0.25) is 10.0 Å². The predicted octanol–water partition coefficient (Wildman–Crippen LogP) is 7.45. The summed E-state index contributed by atoms with van der Waals surface area (Å²) in [6.07, 6.45) is 1.86. The van der Waals surface area contributed by atoms with Crippen molar-refractivity contribution in [3.8, 4) is 11.4 Å². The van der Waals surface area contributed by atoms with Crippen LogP contribution in [0.4, 0.5) is 5.69 Å². The lowest BCUT2D eigenvalue weighted by molar-refractivity contribution is -0.136. The van der Waals surface area contributed by atoms with Crippen molar-refractivity contribution in [1.82, 2.24) is 9.78 Å². The Morgan fingerprint density at radius 2 is 1.74 bits per heavy atom. The molecule has 0 radical (unpaired) electrons. The third kappa shape index (κ3) is 6.32. The highest BCUT2D eigenvalue weighted by atomic mass is 35.5. The molecule has 1 aromatic heterocycles. The first kappa shape index (κ1) is 27.6. The number of anilines is 1. The fraction of sp³-hybridized carbons (Fsp3) is 0.267. The second-order valence-corrected chi connectivity index (χ2v) is 10.5. The molecule has 0 atom stereocenters. The normalized spacial score (nSPS) is 11.1. The van der Waals surface area contributed by atoms with Crippen LogP contribution in [0.1, 0.15) is 47.7 Å². The average molecular weight is 553 g/mol. The Hall–Kier alpha value is -3.48. The number of nitrogens with zero attached hydrogens (tertiary/aromatic N) is 3. The van der Waals surface area contributed by atoms with Gasteiger partial charge in [-0.1, -0.05) is 67.4 Å². The van der Waals surface area contributed by atoms with E-state index in [1.807, 2.05) is 68.7 Å². The summed E-state index contributed by atoms with van der Waals surface area (Å²) in [4.78, 5) is 13.2. The Bertz CT molecular complexity index is 1430. The van der Waals surface area contributed by atoms with Crippen molar-refractivity contribution in [3.05, 3.63) is 105 Å². The quantitative estimate of drug-likeness (QED) is 0.221. The highest BCUT2D eigenvalue weighted by Gasteiger charge is 2.19. The molecule has 4 rings (SSSR count). The third-order valence-corrected chi connectivity index (χ3v) is 7.00. The average Bonchev–Trinajstić information content (AvgIpc) is 3.26. The lowest BCUT2D eigenvalue weighted by Gasteiger charge is -2.22. The molecule has 8 heteroatoms. The van der Waals surface area contributed by atoms with Gasteiger partial charge in [-0.15, -0.1) is 0 Å². The van der Waals surface area contributed by atoms with E-state index in [0.717, 1.165) is 39.4 Å². The number of ether oxygens (including phenoxy) is 1. The van der Waals surface area contributed by atoms with Crippen molar-refractivity contribution >= 4 is 34.9 Å². The lowest BCUT2D eigenvalue weighted by Crippen LogP contribution is -2.17. The summed E-state index contributed by atoms with van der Waals surface area (Å²) >= 11 is 13.0. The van der Waals surface area contributed by atoms with Gasteiger partial charge in [-0.25, -0.2) is 4.68 Å². The molecule has 0 aliphatic carbocycles. The number of para-hydroxylation sites is 1. The van der Waals surface area contributed by atoms with Crippen LogP contribution in [-0.4, -0.2) is 27.9 Å². The minimum atomic E-state index is -0.833. The first-order valence-corrected chi connectivity index (χ1v) is 13.1. The molecule has 4 aromatic rings. The molecule has 0 bridgehead atoms. The maximum Gasteiger partial charge on any atom is 0.307 e. The van der Waals surface area contributed by atoms with Crippen LogP contribution in [0.15, 0.2) is 66.9 Å². The van der Waals surface area contributed by atoms with Crippen molar-refractivity contribution in [3.63, 3.8) is 0 Å². The van der Waals surface area contributed by atoms with Crippen LogP contribution >= 0.6 is 23.2 Å². The number of benzene rings is 3. The molecule has 0 fully saturated rings. The van der Waals surface area contributed by atoms with Crippen LogP contribution in [0.5, 0.6) is 5.75 Å². The second-order valence-electron chi connectivity index (χ2n) is 9.67. The Morgan fingerprint density at radius 3 is 2.39 bits per heavy atom. The zero-order valence-electron chi connectivity index (χ0n) is 21.9. The van der Waals surface area contributed by atoms with Crippen LogP contribution in [0.3, 0.4) is 0 Å². The summed E-state index contributed by atoms with van der Waals surface area (Å²) in [5.74, 6) is 0.159. The highest BCUT2D eigenvalue weighted by molar-refractivity contribution is 6.37. The number of carboxylic acids is 1. The van der Waals surface area contributed by atoms with Crippen LogP contribution in [0, 0.1) is 6.92 Å². The van der Waals surface area contributed by atoms with Crippen molar-refractivity contribution in [2.45, 2.75) is 46.3 Å². The smallest absolute Gasteiger partial charge is 0.307 e. The molecule has 0 amide bonds. The fourth-order valence-electron chi connectivity index (χ4n) is 4.57. The summed E-state index contributed by atoms with van der Waals surface area (Å²) < 4.78 is 8.02. The van der Waals surface area contributed by atoms with E-state index in [4.69, 9.17) is 33.0 Å². The Morgan fingerprint density at radius 1 is 1.05 bits per heavy atom. The topological polar surface area (TPSA) is 67.6 Å². The zero-order chi connectivity index (χ0) is 27.4. The molecule has 38 heavy (non-hydrogen) atoms. The number of carboxylic acid groups (broad SMARTS) is 1. The van der Waals surface area contributed by atoms with Crippen molar-refractivity contribution in [2.24, 2.45) is 0 Å². The summed E-state index contributed by atoms with van der Waals surface area (Å²) in [6.45, 7) is 7.24. The second kappa shape index (κ2) is 11.9. The predicted molar refractivity (Wildman–Crippen MR) is 153 cm³/mol. The van der Waals surface area contributed by atoms with Crippen LogP contribution in [0.25, 0.3) is 5.69 Å². The number of aliphatic carboxylic acids is 1. The van der Waals surface area contributed by atoms with Gasteiger partial charge in [0.25, 0.3) is 0 Å². The van der Waals surface area contributed by atoms with E-state index in [1.54, 1.807) is 16.8 Å². The van der Waals surface area contributed by atoms with E-state index >= 15 is 0 Å². The molecule has 0 saturated carbocycles. The minimum absolute atomic E-state index is 0.0166. The Kier molecular flexibility index (Phi) is 8.65. The number of rotatable bonds is 10. The molecule has 1 heterocycles. The first-order chi connectivity index (χ1) is 18.1. The van der Waals surface area contributed by atoms with Crippen molar-refractivity contribution < 1.29 is 14.6 Å². The van der Waals surface area contributed by atoms with Crippen molar-refractivity contribution in [1.29, 1.82) is 0 Å². The summed E-state index contributed by atoms with van der Waals surface area (Å²) in [7, 11) is 2.02. The molecular formula is C30H31Cl2N3O3. The van der Waals surface area contributed by atoms with Gasteiger partial charge in [-0.2, -0.15) is 5.10 Å². The number of carbonyl (C=O) groups is 1. The SMILES string of the molecule is Cc1cc(OCc2c(C(C)C)cnn2-c2c(Cl)cccc2Cl)ccc1N(C)Cc1cccc(CC(=O)O)c1. The van der Waals surface area contributed by atoms with E-state index in [0.29, 0.717) is 28.9 Å². The Labute approximate surface area is 233 Å². The zero-order valence-corrected chi connectivity index (χ0v) is 23.4. The van der Waals surface area contributed by atoms with Crippen LogP contribution < -0.4 is 9.64 Å². The van der Waals surface area contributed by atoms with Gasteiger partial charge in [0.05, 0.1) is 28.4 Å². The van der Waals surface area contributed by atoms with E-state index in [9.17, 15) is 4.79 Å². The van der Waals surface area contributed by atoms with Gasteiger partial charge in [0.1, 0.15) is 18.0 Å². The van der Waals surface area contributed by atoms with E-state index in [-0.39, 0.29) is 12.3 Å². The number of aryl methyl sites for hydroxylation is 1. The van der Waals surface area contributed by atoms with Gasteiger partial charge in [-0.3, -0.25) is 4.79 Å². The molecule has 0 saturated heterocycles. The number of hydrogen-bond donors (Lipinski definition) is 1. The summed E-state index contributed by atoms with van der Waals surface area (Å²) in [5, 5.41) is 14.7. The maximum atomic E-state index is 11.1. The van der Waals surface area contributed by atoms with Gasteiger partial charge >= 0.3 is 5.97 Å². The number of halogens is 2. The van der Waals surface area contributed by atoms with Gasteiger partial charge in [0.15, 0.2) is 0 Å². The van der Waals surface area contributed by atoms with Gasteiger partial charge in [-0.05, 0) is 65.4 Å².